The van der Waals surface area contributed by atoms with E-state index in [1.54, 1.807) is 6.20 Å². The Labute approximate surface area is 142 Å². The highest BCUT2D eigenvalue weighted by Gasteiger charge is 2.28. The van der Waals surface area contributed by atoms with Gasteiger partial charge in [0.2, 0.25) is 0 Å². The maximum absolute atomic E-state index is 12.5. The van der Waals surface area contributed by atoms with Gasteiger partial charge in [0.05, 0.1) is 31.1 Å². The Kier molecular flexibility index (Phi) is 5.30. The number of aromatic amines is 1. The van der Waals surface area contributed by atoms with Gasteiger partial charge in [-0.15, -0.1) is 0 Å². The van der Waals surface area contributed by atoms with E-state index in [1.807, 2.05) is 37.3 Å². The van der Waals surface area contributed by atoms with Gasteiger partial charge in [0.15, 0.2) is 0 Å². The number of hydrogen-bond donors (Lipinski definition) is 2. The molecule has 130 valence electrons. The molecule has 3 rings (SSSR count). The van der Waals surface area contributed by atoms with Crippen molar-refractivity contribution >= 4 is 10.2 Å². The predicted octanol–water partition coefficient (Wildman–Crippen LogP) is 1.69. The quantitative estimate of drug-likeness (QED) is 0.830. The van der Waals surface area contributed by atoms with E-state index < -0.39 is 16.3 Å². The number of ether oxygens (including phenoxy) is 1. The fourth-order valence-corrected chi connectivity index (χ4v) is 4.07. The SMILES string of the molecule is CCC(NS(=O)(=O)N1CCOCC1)c1ncc(-c2ccccc2)[nH]1. The second-order valence-corrected chi connectivity index (χ2v) is 7.35. The molecule has 0 spiro atoms. The van der Waals surface area contributed by atoms with Crippen LogP contribution in [0, 0.1) is 0 Å². The van der Waals surface area contributed by atoms with Crippen LogP contribution in [0.3, 0.4) is 0 Å². The number of hydrogen-bond acceptors (Lipinski definition) is 4. The van der Waals surface area contributed by atoms with E-state index in [2.05, 4.69) is 14.7 Å². The number of imidazole rings is 1. The molecule has 1 aliphatic heterocycles. The molecule has 2 aromatic rings. The molecule has 1 aromatic carbocycles. The van der Waals surface area contributed by atoms with Crippen LogP contribution in [0.5, 0.6) is 0 Å². The van der Waals surface area contributed by atoms with E-state index >= 15 is 0 Å². The van der Waals surface area contributed by atoms with Crippen molar-refractivity contribution in [1.82, 2.24) is 19.0 Å². The summed E-state index contributed by atoms with van der Waals surface area (Å²) in [4.78, 5) is 7.59. The Balaban J connectivity index is 1.76. The number of aromatic nitrogens is 2. The van der Waals surface area contributed by atoms with E-state index in [4.69, 9.17) is 4.74 Å². The zero-order valence-electron chi connectivity index (χ0n) is 13.6. The van der Waals surface area contributed by atoms with Crippen LogP contribution in [-0.4, -0.2) is 49.0 Å². The van der Waals surface area contributed by atoms with Gasteiger partial charge in [0, 0.05) is 13.1 Å². The number of nitrogens with zero attached hydrogens (tertiary/aromatic N) is 2. The second kappa shape index (κ2) is 7.43. The molecular weight excluding hydrogens is 328 g/mol. The summed E-state index contributed by atoms with van der Waals surface area (Å²) in [5, 5.41) is 0. The molecule has 0 radical (unpaired) electrons. The van der Waals surface area contributed by atoms with Crippen molar-refractivity contribution in [2.45, 2.75) is 19.4 Å². The molecule has 1 fully saturated rings. The summed E-state index contributed by atoms with van der Waals surface area (Å²) in [6.07, 6.45) is 2.33. The lowest BCUT2D eigenvalue weighted by atomic mass is 10.2. The maximum Gasteiger partial charge on any atom is 0.280 e. The van der Waals surface area contributed by atoms with E-state index in [-0.39, 0.29) is 0 Å². The molecule has 0 aliphatic carbocycles. The van der Waals surface area contributed by atoms with Crippen LogP contribution in [0.15, 0.2) is 36.5 Å². The van der Waals surface area contributed by atoms with Crippen LogP contribution in [0.1, 0.15) is 25.2 Å². The molecule has 7 nitrogen and oxygen atoms in total. The van der Waals surface area contributed by atoms with Gasteiger partial charge in [0.1, 0.15) is 5.82 Å². The molecule has 2 N–H and O–H groups in total. The second-order valence-electron chi connectivity index (χ2n) is 5.64. The van der Waals surface area contributed by atoms with Gasteiger partial charge in [0.25, 0.3) is 10.2 Å². The first kappa shape index (κ1) is 17.1. The highest BCUT2D eigenvalue weighted by Crippen LogP contribution is 2.21. The summed E-state index contributed by atoms with van der Waals surface area (Å²) in [5.41, 5.74) is 1.89. The minimum atomic E-state index is -3.55. The first-order valence-corrected chi connectivity index (χ1v) is 9.49. The van der Waals surface area contributed by atoms with Gasteiger partial charge >= 0.3 is 0 Å². The zero-order valence-corrected chi connectivity index (χ0v) is 14.4. The van der Waals surface area contributed by atoms with Crippen LogP contribution in [0.25, 0.3) is 11.3 Å². The number of benzene rings is 1. The fraction of sp³-hybridized carbons (Fsp3) is 0.438. The van der Waals surface area contributed by atoms with Crippen molar-refractivity contribution in [3.05, 3.63) is 42.4 Å². The van der Waals surface area contributed by atoms with Crippen LogP contribution in [-0.2, 0) is 14.9 Å². The normalized spacial score (nSPS) is 17.7. The smallest absolute Gasteiger partial charge is 0.280 e. The number of H-pyrrole nitrogens is 1. The first-order valence-electron chi connectivity index (χ1n) is 8.05. The Morgan fingerprint density at radius 2 is 2.00 bits per heavy atom. The highest BCUT2D eigenvalue weighted by molar-refractivity contribution is 7.87. The first-order chi connectivity index (χ1) is 11.6. The van der Waals surface area contributed by atoms with Gasteiger partial charge in [-0.3, -0.25) is 0 Å². The molecule has 0 saturated carbocycles. The molecule has 1 saturated heterocycles. The minimum Gasteiger partial charge on any atom is -0.379 e. The van der Waals surface area contributed by atoms with Crippen LogP contribution < -0.4 is 4.72 Å². The monoisotopic (exact) mass is 350 g/mol. The number of morpholine rings is 1. The molecule has 0 bridgehead atoms. The molecule has 1 aliphatic rings. The van der Waals surface area contributed by atoms with Crippen LogP contribution in [0.4, 0.5) is 0 Å². The molecule has 1 atom stereocenters. The van der Waals surface area contributed by atoms with Gasteiger partial charge in [-0.05, 0) is 12.0 Å². The van der Waals surface area contributed by atoms with E-state index in [0.717, 1.165) is 11.3 Å². The Bertz CT molecular complexity index is 755. The summed E-state index contributed by atoms with van der Waals surface area (Å²) in [6, 6.07) is 9.43. The van der Waals surface area contributed by atoms with E-state index in [1.165, 1.54) is 4.31 Å². The van der Waals surface area contributed by atoms with E-state index in [9.17, 15) is 8.42 Å². The minimum absolute atomic E-state index is 0.374. The van der Waals surface area contributed by atoms with Gasteiger partial charge < -0.3 is 9.72 Å². The average molecular weight is 350 g/mol. The molecule has 2 heterocycles. The highest BCUT2D eigenvalue weighted by atomic mass is 32.2. The third kappa shape index (κ3) is 3.84. The number of nitrogens with one attached hydrogen (secondary N) is 2. The number of rotatable bonds is 6. The van der Waals surface area contributed by atoms with Crippen LogP contribution in [0.2, 0.25) is 0 Å². The van der Waals surface area contributed by atoms with Crippen molar-refractivity contribution in [2.75, 3.05) is 26.3 Å². The Morgan fingerprint density at radius 3 is 2.67 bits per heavy atom. The molecule has 1 unspecified atom stereocenters. The lowest BCUT2D eigenvalue weighted by Gasteiger charge is -2.27. The topological polar surface area (TPSA) is 87.3 Å². The summed E-state index contributed by atoms with van der Waals surface area (Å²) in [6.45, 7) is 3.53. The van der Waals surface area contributed by atoms with Gasteiger partial charge in [-0.1, -0.05) is 37.3 Å². The largest absolute Gasteiger partial charge is 0.379 e. The fourth-order valence-electron chi connectivity index (χ4n) is 2.65. The lowest BCUT2D eigenvalue weighted by Crippen LogP contribution is -2.47. The van der Waals surface area contributed by atoms with Crippen molar-refractivity contribution in [3.63, 3.8) is 0 Å². The summed E-state index contributed by atoms with van der Waals surface area (Å²) < 4.78 is 34.4. The lowest BCUT2D eigenvalue weighted by molar-refractivity contribution is 0.0723. The average Bonchev–Trinajstić information content (AvgIpc) is 3.11. The van der Waals surface area contributed by atoms with E-state index in [0.29, 0.717) is 38.5 Å². The van der Waals surface area contributed by atoms with Crippen LogP contribution >= 0.6 is 0 Å². The molecule has 0 amide bonds. The molecular formula is C16H22N4O3S. The van der Waals surface area contributed by atoms with Gasteiger partial charge in [-0.2, -0.15) is 17.4 Å². The van der Waals surface area contributed by atoms with Crippen molar-refractivity contribution in [3.8, 4) is 11.3 Å². The predicted molar refractivity (Wildman–Crippen MR) is 91.5 cm³/mol. The third-order valence-corrected chi connectivity index (χ3v) is 5.65. The summed E-state index contributed by atoms with van der Waals surface area (Å²) in [5.74, 6) is 0.619. The Hall–Kier alpha value is -1.74. The van der Waals surface area contributed by atoms with Crippen molar-refractivity contribution in [1.29, 1.82) is 0 Å². The third-order valence-electron chi connectivity index (χ3n) is 4.02. The van der Waals surface area contributed by atoms with Crippen molar-refractivity contribution in [2.24, 2.45) is 0 Å². The molecule has 24 heavy (non-hydrogen) atoms. The molecule has 8 heteroatoms. The molecule has 1 aromatic heterocycles. The Morgan fingerprint density at radius 1 is 1.29 bits per heavy atom. The zero-order chi connectivity index (χ0) is 17.0. The maximum atomic E-state index is 12.5. The standard InChI is InChI=1S/C16H22N4O3S/c1-2-14(19-24(21,22)20-8-10-23-11-9-20)16-17-12-15(18-16)13-6-4-3-5-7-13/h3-7,12,14,19H,2,8-11H2,1H3,(H,17,18). The van der Waals surface area contributed by atoms with Gasteiger partial charge in [-0.25, -0.2) is 4.98 Å². The summed E-state index contributed by atoms with van der Waals surface area (Å²) >= 11 is 0. The summed E-state index contributed by atoms with van der Waals surface area (Å²) in [7, 11) is -3.55. The van der Waals surface area contributed by atoms with Crippen molar-refractivity contribution < 1.29 is 13.2 Å².